The van der Waals surface area contributed by atoms with E-state index in [1.165, 1.54) is 0 Å². The van der Waals surface area contributed by atoms with E-state index in [2.05, 4.69) is 37.2 Å². The molecule has 0 aliphatic heterocycles. The van der Waals surface area contributed by atoms with Crippen LogP contribution in [0.3, 0.4) is 0 Å². The van der Waals surface area contributed by atoms with E-state index < -0.39 is 6.10 Å². The smallest absolute Gasteiger partial charge is 0.260 e. The number of amides is 1. The number of hydrogen-bond acceptors (Lipinski definition) is 3. The molecule has 1 aromatic rings. The van der Waals surface area contributed by atoms with Crippen molar-refractivity contribution >= 4 is 37.8 Å². The van der Waals surface area contributed by atoms with Crippen molar-refractivity contribution in [1.82, 2.24) is 5.32 Å². The van der Waals surface area contributed by atoms with E-state index in [9.17, 15) is 4.79 Å². The first-order chi connectivity index (χ1) is 9.70. The van der Waals surface area contributed by atoms with E-state index in [1.54, 1.807) is 6.92 Å². The first kappa shape index (κ1) is 18.5. The molecule has 3 N–H and O–H groups in total. The van der Waals surface area contributed by atoms with Crippen LogP contribution >= 0.6 is 31.9 Å². The van der Waals surface area contributed by atoms with Crippen LogP contribution in [0.5, 0.6) is 5.75 Å². The summed E-state index contributed by atoms with van der Waals surface area (Å²) in [4.78, 5) is 11.9. The van der Waals surface area contributed by atoms with Gasteiger partial charge < -0.3 is 15.8 Å². The molecule has 0 fully saturated rings. The minimum atomic E-state index is -0.570. The Kier molecular flexibility index (Phi) is 7.16. The van der Waals surface area contributed by atoms with Crippen LogP contribution in [0.25, 0.3) is 0 Å². The van der Waals surface area contributed by atoms with Crippen LogP contribution < -0.4 is 15.8 Å². The molecule has 0 heterocycles. The van der Waals surface area contributed by atoms with Gasteiger partial charge in [-0.15, -0.1) is 0 Å². The molecule has 6 heteroatoms. The summed E-state index contributed by atoms with van der Waals surface area (Å²) < 4.78 is 7.37. The van der Waals surface area contributed by atoms with Crippen LogP contribution in [0.2, 0.25) is 0 Å². The number of ether oxygens (including phenoxy) is 1. The Morgan fingerprint density at radius 2 is 1.76 bits per heavy atom. The van der Waals surface area contributed by atoms with E-state index in [0.717, 1.165) is 20.9 Å². The molecule has 0 aromatic heterocycles. The molecular formula is C15H22Br2N2O2. The van der Waals surface area contributed by atoms with E-state index >= 15 is 0 Å². The van der Waals surface area contributed by atoms with Gasteiger partial charge in [0.1, 0.15) is 5.75 Å². The van der Waals surface area contributed by atoms with Gasteiger partial charge in [0.2, 0.25) is 0 Å². The number of nitrogens with one attached hydrogen (secondary N) is 1. The number of rotatable bonds is 6. The van der Waals surface area contributed by atoms with Crippen LogP contribution in [0.1, 0.15) is 33.3 Å². The average molecular weight is 422 g/mol. The first-order valence-electron chi connectivity index (χ1n) is 6.91. The second-order valence-electron chi connectivity index (χ2n) is 5.49. The summed E-state index contributed by atoms with van der Waals surface area (Å²) in [5.74, 6) is 0.485. The predicted molar refractivity (Wildman–Crippen MR) is 92.6 cm³/mol. The fourth-order valence-electron chi connectivity index (χ4n) is 1.85. The highest BCUT2D eigenvalue weighted by atomic mass is 79.9. The number of hydrogen-bond donors (Lipinski definition) is 2. The molecule has 0 aliphatic rings. The van der Waals surface area contributed by atoms with Crippen LogP contribution in [-0.2, 0) is 11.2 Å². The molecule has 1 rings (SSSR count). The molecule has 0 aliphatic carbocycles. The van der Waals surface area contributed by atoms with Crippen molar-refractivity contribution < 1.29 is 9.53 Å². The van der Waals surface area contributed by atoms with Crippen LogP contribution in [0.4, 0.5) is 0 Å². The van der Waals surface area contributed by atoms with Gasteiger partial charge in [0, 0.05) is 12.1 Å². The van der Waals surface area contributed by atoms with E-state index in [4.69, 9.17) is 10.5 Å². The maximum atomic E-state index is 11.9. The Bertz CT molecular complexity index is 481. The number of benzene rings is 1. The Hall–Kier alpha value is -0.590. The van der Waals surface area contributed by atoms with Crippen molar-refractivity contribution in [2.24, 2.45) is 5.73 Å². The fourth-order valence-corrected chi connectivity index (χ4v) is 3.31. The average Bonchev–Trinajstić information content (AvgIpc) is 2.31. The molecule has 0 bridgehead atoms. The quantitative estimate of drug-likeness (QED) is 0.739. The highest BCUT2D eigenvalue weighted by Crippen LogP contribution is 2.35. The number of halogens is 2. The predicted octanol–water partition coefficient (Wildman–Crippen LogP) is 3.39. The van der Waals surface area contributed by atoms with E-state index in [-0.39, 0.29) is 18.0 Å². The van der Waals surface area contributed by atoms with Crippen molar-refractivity contribution in [3.8, 4) is 5.75 Å². The van der Waals surface area contributed by atoms with Crippen molar-refractivity contribution in [3.05, 3.63) is 26.6 Å². The summed E-state index contributed by atoms with van der Waals surface area (Å²) in [6, 6.07) is 4.11. The van der Waals surface area contributed by atoms with Gasteiger partial charge in [-0.2, -0.15) is 0 Å². The first-order valence-corrected chi connectivity index (χ1v) is 8.49. The third-order valence-corrected chi connectivity index (χ3v) is 3.89. The number of nitrogens with two attached hydrogens (primary N) is 1. The molecule has 0 radical (unpaired) electrons. The summed E-state index contributed by atoms with van der Waals surface area (Å²) in [7, 11) is 0. The topological polar surface area (TPSA) is 64.3 Å². The Morgan fingerprint density at radius 1 is 1.24 bits per heavy atom. The van der Waals surface area contributed by atoms with Gasteiger partial charge in [0.05, 0.1) is 8.95 Å². The Morgan fingerprint density at radius 3 is 2.19 bits per heavy atom. The Labute approximate surface area is 143 Å². The van der Waals surface area contributed by atoms with Crippen molar-refractivity contribution in [1.29, 1.82) is 0 Å². The van der Waals surface area contributed by atoms with Gasteiger partial charge in [-0.3, -0.25) is 4.79 Å². The molecule has 2 atom stereocenters. The molecule has 0 spiro atoms. The fraction of sp³-hybridized carbons (Fsp3) is 0.533. The normalized spacial score (nSPS) is 13.9. The summed E-state index contributed by atoms with van der Waals surface area (Å²) in [5, 5.41) is 2.83. The van der Waals surface area contributed by atoms with Crippen molar-refractivity contribution in [2.45, 2.75) is 52.3 Å². The highest BCUT2D eigenvalue weighted by molar-refractivity contribution is 9.11. The van der Waals surface area contributed by atoms with E-state index in [0.29, 0.717) is 5.75 Å². The maximum absolute atomic E-state index is 11.9. The summed E-state index contributed by atoms with van der Waals surface area (Å²) in [6.07, 6.45) is 0.209. The molecule has 0 saturated carbocycles. The van der Waals surface area contributed by atoms with Gasteiger partial charge in [-0.05, 0) is 83.7 Å². The minimum Gasteiger partial charge on any atom is -0.479 e. The number of carbonyl (C=O) groups excluding carboxylic acids is 1. The molecular weight excluding hydrogens is 400 g/mol. The van der Waals surface area contributed by atoms with Crippen LogP contribution in [0, 0.1) is 0 Å². The molecule has 21 heavy (non-hydrogen) atoms. The largest absolute Gasteiger partial charge is 0.479 e. The standard InChI is InChI=1S/C15H22Br2N2O2/c1-8(2)19-15(20)10(4)21-14-12(16)6-11(5-9(3)18)7-13(14)17/h6-10H,5,18H2,1-4H3,(H,19,20). The van der Waals surface area contributed by atoms with Gasteiger partial charge in [0.25, 0.3) is 5.91 Å². The zero-order valence-electron chi connectivity index (χ0n) is 12.7. The zero-order chi connectivity index (χ0) is 16.2. The third kappa shape index (κ3) is 5.96. The summed E-state index contributed by atoms with van der Waals surface area (Å²) >= 11 is 6.98. The lowest BCUT2D eigenvalue weighted by Gasteiger charge is -2.19. The second-order valence-corrected chi connectivity index (χ2v) is 7.20. The van der Waals surface area contributed by atoms with Crippen LogP contribution in [0.15, 0.2) is 21.1 Å². The molecule has 118 valence electrons. The maximum Gasteiger partial charge on any atom is 0.260 e. The molecule has 4 nitrogen and oxygen atoms in total. The van der Waals surface area contributed by atoms with Gasteiger partial charge in [-0.25, -0.2) is 0 Å². The van der Waals surface area contributed by atoms with Crippen LogP contribution in [-0.4, -0.2) is 24.1 Å². The van der Waals surface area contributed by atoms with Crippen molar-refractivity contribution in [3.63, 3.8) is 0 Å². The molecule has 1 aromatic carbocycles. The second kappa shape index (κ2) is 8.15. The Balaban J connectivity index is 2.86. The minimum absolute atomic E-state index is 0.0869. The summed E-state index contributed by atoms with van der Waals surface area (Å²) in [6.45, 7) is 7.52. The number of carbonyl (C=O) groups is 1. The van der Waals surface area contributed by atoms with E-state index in [1.807, 2.05) is 32.9 Å². The van der Waals surface area contributed by atoms with Gasteiger partial charge in [-0.1, -0.05) is 0 Å². The lowest BCUT2D eigenvalue weighted by molar-refractivity contribution is -0.127. The highest BCUT2D eigenvalue weighted by Gasteiger charge is 2.19. The molecule has 2 unspecified atom stereocenters. The lowest BCUT2D eigenvalue weighted by Crippen LogP contribution is -2.40. The monoisotopic (exact) mass is 420 g/mol. The lowest BCUT2D eigenvalue weighted by atomic mass is 10.1. The molecule has 0 saturated heterocycles. The van der Waals surface area contributed by atoms with Gasteiger partial charge >= 0.3 is 0 Å². The van der Waals surface area contributed by atoms with Crippen molar-refractivity contribution in [2.75, 3.05) is 0 Å². The summed E-state index contributed by atoms with van der Waals surface area (Å²) in [5.41, 5.74) is 6.92. The zero-order valence-corrected chi connectivity index (χ0v) is 15.9. The molecule has 1 amide bonds. The van der Waals surface area contributed by atoms with Gasteiger partial charge in [0.15, 0.2) is 6.10 Å². The SMILES string of the molecule is CC(N)Cc1cc(Br)c(OC(C)C(=O)NC(C)C)c(Br)c1. The third-order valence-electron chi connectivity index (χ3n) is 2.71.